The lowest BCUT2D eigenvalue weighted by Gasteiger charge is -2.17. The number of rotatable bonds is 9. The Hall–Kier alpha value is -3.72. The fraction of sp³-hybridized carbons (Fsp3) is 0.346. The molecule has 1 aromatic heterocycles. The van der Waals surface area contributed by atoms with Crippen LogP contribution in [-0.4, -0.2) is 42.7 Å². The van der Waals surface area contributed by atoms with Gasteiger partial charge < -0.3 is 25.0 Å². The average Bonchev–Trinajstić information content (AvgIpc) is 3.58. The lowest BCUT2D eigenvalue weighted by Crippen LogP contribution is -2.30. The van der Waals surface area contributed by atoms with Crippen LogP contribution in [0, 0.1) is 5.82 Å². The summed E-state index contributed by atoms with van der Waals surface area (Å²) in [6.07, 6.45) is 3.76. The number of nitrogens with zero attached hydrogens (tertiary/aromatic N) is 3. The van der Waals surface area contributed by atoms with E-state index in [0.717, 1.165) is 42.7 Å². The molecule has 2 aliphatic rings. The molecule has 1 aliphatic heterocycles. The van der Waals surface area contributed by atoms with E-state index >= 15 is 0 Å². The lowest BCUT2D eigenvalue weighted by molar-refractivity contribution is -0.118. The maximum absolute atomic E-state index is 14.6. The minimum atomic E-state index is -0.571. The number of carbonyl (C=O) groups excluding carboxylic acids is 1. The molecule has 2 heterocycles. The predicted octanol–water partition coefficient (Wildman–Crippen LogP) is 4.92. The Morgan fingerprint density at radius 1 is 1.11 bits per heavy atom. The second-order valence-corrected chi connectivity index (χ2v) is 8.85. The summed E-state index contributed by atoms with van der Waals surface area (Å²) in [5.41, 5.74) is 3.60. The molecule has 9 heteroatoms. The van der Waals surface area contributed by atoms with E-state index in [2.05, 4.69) is 20.6 Å². The van der Waals surface area contributed by atoms with Crippen molar-refractivity contribution < 1.29 is 18.7 Å². The van der Waals surface area contributed by atoms with Gasteiger partial charge >= 0.3 is 0 Å². The Morgan fingerprint density at radius 3 is 2.60 bits per heavy atom. The molecule has 3 aromatic rings. The zero-order valence-electron chi connectivity index (χ0n) is 19.8. The Labute approximate surface area is 203 Å². The van der Waals surface area contributed by atoms with E-state index in [4.69, 9.17) is 9.47 Å². The van der Waals surface area contributed by atoms with Crippen LogP contribution in [0.1, 0.15) is 31.7 Å². The Balaban J connectivity index is 1.32. The number of hydrogen-bond donors (Lipinski definition) is 2. The number of hydrogen-bond acceptors (Lipinski definition) is 7. The highest BCUT2D eigenvalue weighted by atomic mass is 19.1. The quantitative estimate of drug-likeness (QED) is 0.423. The number of fused-ring (bicyclic) bond motifs is 2. The monoisotopic (exact) mass is 477 g/mol. The zero-order valence-corrected chi connectivity index (χ0v) is 19.8. The van der Waals surface area contributed by atoms with E-state index < -0.39 is 5.82 Å². The van der Waals surface area contributed by atoms with Gasteiger partial charge in [-0.15, -0.1) is 0 Å². The van der Waals surface area contributed by atoms with Crippen LogP contribution in [-0.2, 0) is 14.9 Å². The lowest BCUT2D eigenvalue weighted by atomic mass is 9.98. The standard InChI is InChI=1S/C26H28FN5O3/c1-3-23(33)32-16-26(10-11-26)20-9-6-18(14-22(20)32)29-24-21(27)15-28-25(31-24)30-17-4-7-19(8-5-17)35-13-12-34-2/h4-9,14-15H,3,10-13,16H2,1-2H3,(H2,28,29,30,31). The van der Waals surface area contributed by atoms with Crippen molar-refractivity contribution >= 4 is 34.7 Å². The summed E-state index contributed by atoms with van der Waals surface area (Å²) in [7, 11) is 1.62. The molecule has 1 amide bonds. The van der Waals surface area contributed by atoms with E-state index in [1.165, 1.54) is 5.56 Å². The fourth-order valence-corrected chi connectivity index (χ4v) is 4.40. The van der Waals surface area contributed by atoms with E-state index in [9.17, 15) is 9.18 Å². The number of benzene rings is 2. The number of aromatic nitrogens is 2. The minimum absolute atomic E-state index is 0.0504. The van der Waals surface area contributed by atoms with Crippen molar-refractivity contribution in [3.8, 4) is 5.75 Å². The third-order valence-corrected chi connectivity index (χ3v) is 6.45. The summed E-state index contributed by atoms with van der Waals surface area (Å²) in [6, 6.07) is 13.2. The predicted molar refractivity (Wildman–Crippen MR) is 132 cm³/mol. The molecule has 35 heavy (non-hydrogen) atoms. The molecule has 1 spiro atoms. The number of anilines is 5. The fourth-order valence-electron chi connectivity index (χ4n) is 4.40. The summed E-state index contributed by atoms with van der Waals surface area (Å²) in [6.45, 7) is 3.57. The molecule has 2 N–H and O–H groups in total. The third-order valence-electron chi connectivity index (χ3n) is 6.45. The van der Waals surface area contributed by atoms with Gasteiger partial charge in [-0.1, -0.05) is 13.0 Å². The van der Waals surface area contributed by atoms with E-state index in [0.29, 0.717) is 25.3 Å². The van der Waals surface area contributed by atoms with Crippen molar-refractivity contribution in [1.29, 1.82) is 0 Å². The highest BCUT2D eigenvalue weighted by molar-refractivity contribution is 5.97. The van der Waals surface area contributed by atoms with Gasteiger partial charge in [-0.3, -0.25) is 4.79 Å². The Kier molecular flexibility index (Phi) is 6.25. The van der Waals surface area contributed by atoms with Crippen molar-refractivity contribution in [2.75, 3.05) is 42.4 Å². The molecule has 1 fully saturated rings. The summed E-state index contributed by atoms with van der Waals surface area (Å²) in [5, 5.41) is 6.14. The van der Waals surface area contributed by atoms with Crippen molar-refractivity contribution in [2.45, 2.75) is 31.6 Å². The minimum Gasteiger partial charge on any atom is -0.491 e. The van der Waals surface area contributed by atoms with Gasteiger partial charge in [-0.25, -0.2) is 9.37 Å². The summed E-state index contributed by atoms with van der Waals surface area (Å²) < 4.78 is 25.1. The first kappa shape index (κ1) is 23.0. The highest BCUT2D eigenvalue weighted by Gasteiger charge is 2.52. The normalized spacial score (nSPS) is 15.1. The summed E-state index contributed by atoms with van der Waals surface area (Å²) in [4.78, 5) is 22.8. The smallest absolute Gasteiger partial charge is 0.229 e. The van der Waals surface area contributed by atoms with E-state index in [1.54, 1.807) is 7.11 Å². The second kappa shape index (κ2) is 9.50. The molecule has 0 radical (unpaired) electrons. The highest BCUT2D eigenvalue weighted by Crippen LogP contribution is 2.57. The number of nitrogens with one attached hydrogen (secondary N) is 2. The van der Waals surface area contributed by atoms with Gasteiger partial charge in [-0.2, -0.15) is 4.98 Å². The molecule has 1 saturated carbocycles. The molecule has 0 saturated heterocycles. The first-order valence-electron chi connectivity index (χ1n) is 11.7. The third kappa shape index (κ3) is 4.77. The topological polar surface area (TPSA) is 88.6 Å². The number of carbonyl (C=O) groups is 1. The number of halogens is 1. The molecular formula is C26H28FN5O3. The van der Waals surface area contributed by atoms with Gasteiger partial charge in [0.15, 0.2) is 11.6 Å². The van der Waals surface area contributed by atoms with E-state index in [1.807, 2.05) is 54.3 Å². The average molecular weight is 478 g/mol. The van der Waals surface area contributed by atoms with Gasteiger partial charge in [0.25, 0.3) is 0 Å². The molecule has 182 valence electrons. The van der Waals surface area contributed by atoms with Crippen LogP contribution in [0.15, 0.2) is 48.7 Å². The van der Waals surface area contributed by atoms with Crippen LogP contribution in [0.4, 0.5) is 33.2 Å². The van der Waals surface area contributed by atoms with Crippen LogP contribution in [0.2, 0.25) is 0 Å². The van der Waals surface area contributed by atoms with Crippen molar-refractivity contribution in [2.24, 2.45) is 0 Å². The Bertz CT molecular complexity index is 1230. The number of methoxy groups -OCH3 is 1. The molecule has 0 atom stereocenters. The van der Waals surface area contributed by atoms with E-state index in [-0.39, 0.29) is 23.1 Å². The SMILES string of the molecule is CCC(=O)N1CC2(CC2)c2ccc(Nc3nc(Nc4ccc(OCCOC)cc4)ncc3F)cc21. The van der Waals surface area contributed by atoms with Crippen LogP contribution in [0.3, 0.4) is 0 Å². The van der Waals surface area contributed by atoms with Crippen LogP contribution in [0.5, 0.6) is 5.75 Å². The largest absolute Gasteiger partial charge is 0.491 e. The van der Waals surface area contributed by atoms with Crippen LogP contribution < -0.4 is 20.3 Å². The first-order chi connectivity index (χ1) is 17.0. The second-order valence-electron chi connectivity index (χ2n) is 8.85. The van der Waals surface area contributed by atoms with Gasteiger partial charge in [0.1, 0.15) is 12.4 Å². The molecule has 0 unspecified atom stereocenters. The number of ether oxygens (including phenoxy) is 2. The molecule has 1 aliphatic carbocycles. The molecule has 0 bridgehead atoms. The molecule has 8 nitrogen and oxygen atoms in total. The number of amides is 1. The van der Waals surface area contributed by atoms with Crippen molar-refractivity contribution in [3.63, 3.8) is 0 Å². The molecular weight excluding hydrogens is 449 g/mol. The molecule has 2 aromatic carbocycles. The molecule has 5 rings (SSSR count). The van der Waals surface area contributed by atoms with Crippen LogP contribution in [0.25, 0.3) is 0 Å². The summed E-state index contributed by atoms with van der Waals surface area (Å²) >= 11 is 0. The maximum atomic E-state index is 14.6. The maximum Gasteiger partial charge on any atom is 0.229 e. The van der Waals surface area contributed by atoms with Gasteiger partial charge in [0, 0.05) is 42.6 Å². The summed E-state index contributed by atoms with van der Waals surface area (Å²) in [5.74, 6) is 0.549. The van der Waals surface area contributed by atoms with Gasteiger partial charge in [0.05, 0.1) is 12.8 Å². The zero-order chi connectivity index (χ0) is 24.4. The van der Waals surface area contributed by atoms with Crippen molar-refractivity contribution in [3.05, 3.63) is 60.0 Å². The van der Waals surface area contributed by atoms with Gasteiger partial charge in [-0.05, 0) is 54.8 Å². The van der Waals surface area contributed by atoms with Gasteiger partial charge in [0.2, 0.25) is 11.9 Å². The Morgan fingerprint density at radius 2 is 1.89 bits per heavy atom. The van der Waals surface area contributed by atoms with Crippen LogP contribution >= 0.6 is 0 Å². The van der Waals surface area contributed by atoms with Crippen molar-refractivity contribution in [1.82, 2.24) is 9.97 Å². The first-order valence-corrected chi connectivity index (χ1v) is 11.7.